The van der Waals surface area contributed by atoms with Crippen LogP contribution in [0.5, 0.6) is 0 Å². The minimum atomic E-state index is 0.985. The highest BCUT2D eigenvalue weighted by Crippen LogP contribution is 2.36. The fourth-order valence-corrected chi connectivity index (χ4v) is 5.44. The van der Waals surface area contributed by atoms with Gasteiger partial charge in [0.1, 0.15) is 5.82 Å². The van der Waals surface area contributed by atoms with Gasteiger partial charge < -0.3 is 9.80 Å². The smallest absolute Gasteiger partial charge is 0.150 e. The third-order valence-electron chi connectivity index (χ3n) is 5.89. The van der Waals surface area contributed by atoms with Crippen molar-refractivity contribution in [3.8, 4) is 0 Å². The van der Waals surface area contributed by atoms with Gasteiger partial charge in [0.15, 0.2) is 0 Å². The van der Waals surface area contributed by atoms with Crippen LogP contribution in [-0.2, 0) is 0 Å². The molecular formula is C20H29N3S. The fraction of sp³-hybridized carbons (Fsp3) is 0.650. The zero-order chi connectivity index (χ0) is 16.4. The Bertz CT molecular complexity index is 654. The number of aromatic nitrogens is 1. The summed E-state index contributed by atoms with van der Waals surface area (Å²) >= 11 is 1.64. The Labute approximate surface area is 149 Å². The normalized spacial score (nSPS) is 24.4. The summed E-state index contributed by atoms with van der Waals surface area (Å²) in [5, 5.41) is 1.33. The largest absolute Gasteiger partial charge is 0.354 e. The van der Waals surface area contributed by atoms with Crippen LogP contribution >= 0.6 is 11.5 Å². The molecule has 24 heavy (non-hydrogen) atoms. The lowest BCUT2D eigenvalue weighted by Gasteiger charge is -2.25. The molecule has 2 unspecified atom stereocenters. The van der Waals surface area contributed by atoms with Gasteiger partial charge in [-0.3, -0.25) is 0 Å². The number of rotatable bonds is 6. The minimum absolute atomic E-state index is 0.985. The molecule has 1 aromatic carbocycles. The molecule has 0 bridgehead atoms. The van der Waals surface area contributed by atoms with E-state index in [9.17, 15) is 0 Å². The summed E-state index contributed by atoms with van der Waals surface area (Å²) in [4.78, 5) is 5.23. The number of benzene rings is 1. The first-order chi connectivity index (χ1) is 11.8. The molecule has 4 heteroatoms. The Hall–Kier alpha value is -1.13. The van der Waals surface area contributed by atoms with E-state index in [0.29, 0.717) is 0 Å². The molecule has 0 radical (unpaired) electrons. The number of hydrogen-bond donors (Lipinski definition) is 0. The average molecular weight is 344 g/mol. The van der Waals surface area contributed by atoms with E-state index in [2.05, 4.69) is 41.0 Å². The van der Waals surface area contributed by atoms with Crippen LogP contribution in [0.4, 0.5) is 5.82 Å². The number of hydrogen-bond acceptors (Lipinski definition) is 4. The fourth-order valence-electron chi connectivity index (χ4n) is 4.64. The van der Waals surface area contributed by atoms with E-state index in [1.807, 2.05) is 0 Å². The molecule has 2 atom stereocenters. The molecule has 2 fully saturated rings. The molecule has 2 aliphatic rings. The Kier molecular flexibility index (Phi) is 5.04. The highest BCUT2D eigenvalue weighted by atomic mass is 32.1. The lowest BCUT2D eigenvalue weighted by Crippen LogP contribution is -2.35. The van der Waals surface area contributed by atoms with Crippen LogP contribution in [0.15, 0.2) is 24.3 Å². The Morgan fingerprint density at radius 1 is 1.12 bits per heavy atom. The van der Waals surface area contributed by atoms with Crippen molar-refractivity contribution in [2.24, 2.45) is 11.8 Å². The van der Waals surface area contributed by atoms with Gasteiger partial charge in [0, 0.05) is 38.1 Å². The third-order valence-corrected chi connectivity index (χ3v) is 6.71. The SMILES string of the molecule is CCCN(CCN1CC2CCCCC2C1)c1nsc2ccccc12. The number of anilines is 1. The molecule has 3 nitrogen and oxygen atoms in total. The molecule has 1 saturated carbocycles. The van der Waals surface area contributed by atoms with E-state index < -0.39 is 0 Å². The molecule has 2 heterocycles. The van der Waals surface area contributed by atoms with E-state index in [1.165, 1.54) is 67.6 Å². The van der Waals surface area contributed by atoms with Gasteiger partial charge in [0.25, 0.3) is 0 Å². The predicted octanol–water partition coefficient (Wildman–Crippen LogP) is 4.63. The van der Waals surface area contributed by atoms with Gasteiger partial charge >= 0.3 is 0 Å². The van der Waals surface area contributed by atoms with Crippen LogP contribution in [0.1, 0.15) is 39.0 Å². The Morgan fingerprint density at radius 2 is 1.88 bits per heavy atom. The van der Waals surface area contributed by atoms with Crippen LogP contribution in [0.2, 0.25) is 0 Å². The maximum absolute atomic E-state index is 4.78. The molecule has 2 aromatic rings. The lowest BCUT2D eigenvalue weighted by molar-refractivity contribution is 0.299. The van der Waals surface area contributed by atoms with E-state index in [1.54, 1.807) is 11.5 Å². The molecule has 1 aliphatic carbocycles. The van der Waals surface area contributed by atoms with Crippen molar-refractivity contribution in [2.75, 3.05) is 37.6 Å². The summed E-state index contributed by atoms with van der Waals surface area (Å²) in [6.45, 7) is 8.35. The molecule has 0 spiro atoms. The van der Waals surface area contributed by atoms with Crippen molar-refractivity contribution < 1.29 is 0 Å². The summed E-state index contributed by atoms with van der Waals surface area (Å²) in [6, 6.07) is 8.66. The minimum Gasteiger partial charge on any atom is -0.354 e. The zero-order valence-corrected chi connectivity index (χ0v) is 15.6. The molecule has 1 aliphatic heterocycles. The van der Waals surface area contributed by atoms with Crippen LogP contribution in [0, 0.1) is 11.8 Å². The van der Waals surface area contributed by atoms with Gasteiger partial charge in [-0.1, -0.05) is 31.9 Å². The van der Waals surface area contributed by atoms with E-state index in [-0.39, 0.29) is 0 Å². The number of nitrogens with zero attached hydrogens (tertiary/aromatic N) is 3. The molecule has 0 N–H and O–H groups in total. The standard InChI is InChI=1S/C20H29N3S/c1-2-11-23(20-18-9-5-6-10-19(18)24-21-20)13-12-22-14-16-7-3-4-8-17(16)15-22/h5-6,9-10,16-17H,2-4,7-8,11-15H2,1H3. The Morgan fingerprint density at radius 3 is 2.62 bits per heavy atom. The van der Waals surface area contributed by atoms with E-state index in [4.69, 9.17) is 4.37 Å². The second kappa shape index (κ2) is 7.40. The van der Waals surface area contributed by atoms with Gasteiger partial charge in [0.05, 0.1) is 4.70 Å². The third kappa shape index (κ3) is 3.31. The maximum atomic E-state index is 4.78. The lowest BCUT2D eigenvalue weighted by atomic mass is 9.82. The maximum Gasteiger partial charge on any atom is 0.150 e. The van der Waals surface area contributed by atoms with Crippen molar-refractivity contribution in [3.05, 3.63) is 24.3 Å². The Balaban J connectivity index is 1.42. The van der Waals surface area contributed by atoms with Crippen molar-refractivity contribution in [1.82, 2.24) is 9.27 Å². The predicted molar refractivity (Wildman–Crippen MR) is 104 cm³/mol. The molecular weight excluding hydrogens is 314 g/mol. The first-order valence-corrected chi connectivity index (χ1v) is 10.4. The molecule has 0 amide bonds. The summed E-state index contributed by atoms with van der Waals surface area (Å²) in [6.07, 6.45) is 7.04. The van der Waals surface area contributed by atoms with Gasteiger partial charge in [-0.25, -0.2) is 0 Å². The summed E-state index contributed by atoms with van der Waals surface area (Å²) in [5.74, 6) is 3.17. The van der Waals surface area contributed by atoms with Gasteiger partial charge in [-0.15, -0.1) is 0 Å². The van der Waals surface area contributed by atoms with Gasteiger partial charge in [-0.05, 0) is 54.8 Å². The topological polar surface area (TPSA) is 19.4 Å². The summed E-state index contributed by atoms with van der Waals surface area (Å²) in [7, 11) is 0. The van der Waals surface area contributed by atoms with Crippen LogP contribution < -0.4 is 4.90 Å². The first-order valence-electron chi connectivity index (χ1n) is 9.67. The summed E-state index contributed by atoms with van der Waals surface area (Å²) < 4.78 is 6.09. The second-order valence-corrected chi connectivity index (χ2v) is 8.36. The van der Waals surface area contributed by atoms with Crippen molar-refractivity contribution in [3.63, 3.8) is 0 Å². The average Bonchev–Trinajstić information content (AvgIpc) is 3.22. The van der Waals surface area contributed by atoms with Crippen molar-refractivity contribution in [1.29, 1.82) is 0 Å². The van der Waals surface area contributed by atoms with Gasteiger partial charge in [0.2, 0.25) is 0 Å². The highest BCUT2D eigenvalue weighted by molar-refractivity contribution is 7.13. The van der Waals surface area contributed by atoms with Crippen molar-refractivity contribution >= 4 is 27.4 Å². The quantitative estimate of drug-likeness (QED) is 0.762. The van der Waals surface area contributed by atoms with Crippen LogP contribution in [0.25, 0.3) is 10.1 Å². The first kappa shape index (κ1) is 16.3. The van der Waals surface area contributed by atoms with Crippen molar-refractivity contribution in [2.45, 2.75) is 39.0 Å². The van der Waals surface area contributed by atoms with Crippen LogP contribution in [0.3, 0.4) is 0 Å². The number of fused-ring (bicyclic) bond motifs is 2. The monoisotopic (exact) mass is 343 g/mol. The number of likely N-dealkylation sites (tertiary alicyclic amines) is 1. The molecule has 4 rings (SSSR count). The highest BCUT2D eigenvalue weighted by Gasteiger charge is 2.34. The zero-order valence-electron chi connectivity index (χ0n) is 14.8. The molecule has 1 aromatic heterocycles. The molecule has 130 valence electrons. The molecule has 1 saturated heterocycles. The van der Waals surface area contributed by atoms with E-state index >= 15 is 0 Å². The van der Waals surface area contributed by atoms with Gasteiger partial charge in [-0.2, -0.15) is 4.37 Å². The van der Waals surface area contributed by atoms with E-state index in [0.717, 1.165) is 24.9 Å². The summed E-state index contributed by atoms with van der Waals surface area (Å²) in [5.41, 5.74) is 0. The second-order valence-electron chi connectivity index (χ2n) is 7.55. The van der Waals surface area contributed by atoms with Crippen LogP contribution in [-0.4, -0.2) is 42.0 Å².